The minimum atomic E-state index is -0.132. The number of rotatable bonds is 3. The van der Waals surface area contributed by atoms with E-state index in [1.54, 1.807) is 0 Å². The van der Waals surface area contributed by atoms with Crippen molar-refractivity contribution in [3.8, 4) is 0 Å². The minimum Gasteiger partial charge on any atom is -0.466 e. The third-order valence-electron chi connectivity index (χ3n) is 3.71. The maximum Gasteiger partial charge on any atom is 0.310 e. The van der Waals surface area contributed by atoms with E-state index in [1.807, 2.05) is 19.2 Å². The van der Waals surface area contributed by atoms with E-state index in [1.165, 1.54) is 0 Å². The van der Waals surface area contributed by atoms with Crippen molar-refractivity contribution in [3.05, 3.63) is 17.5 Å². The Bertz CT molecular complexity index is 657. The van der Waals surface area contributed by atoms with Gasteiger partial charge in [0.25, 0.3) is 0 Å². The summed E-state index contributed by atoms with van der Waals surface area (Å²) in [5.74, 6) is 0.536. The molecule has 6 nitrogen and oxygen atoms in total. The first-order valence-electron chi connectivity index (χ1n) is 7.11. The highest BCUT2D eigenvalue weighted by Crippen LogP contribution is 2.29. The van der Waals surface area contributed by atoms with Crippen LogP contribution in [0.1, 0.15) is 19.8 Å². The maximum atomic E-state index is 11.9. The lowest BCUT2D eigenvalue weighted by molar-refractivity contribution is -0.148. The molecule has 112 valence electrons. The van der Waals surface area contributed by atoms with Crippen molar-refractivity contribution in [2.75, 3.05) is 24.6 Å². The number of carbonyl (C=O) groups excluding carboxylic acids is 1. The maximum absolute atomic E-state index is 11.9. The van der Waals surface area contributed by atoms with Crippen molar-refractivity contribution in [1.82, 2.24) is 15.0 Å². The largest absolute Gasteiger partial charge is 0.466 e. The van der Waals surface area contributed by atoms with Gasteiger partial charge in [-0.3, -0.25) is 4.79 Å². The number of ether oxygens (including phenoxy) is 1. The summed E-state index contributed by atoms with van der Waals surface area (Å²) in [7, 11) is 0. The molecule has 0 saturated carbocycles. The van der Waals surface area contributed by atoms with E-state index in [0.717, 1.165) is 30.6 Å². The molecule has 0 aliphatic carbocycles. The zero-order valence-corrected chi connectivity index (χ0v) is 12.6. The molecule has 1 N–H and O–H groups in total. The molecule has 2 aromatic heterocycles. The van der Waals surface area contributed by atoms with Crippen LogP contribution >= 0.6 is 11.6 Å². The second-order valence-electron chi connectivity index (χ2n) is 5.09. The molecule has 2 aromatic rings. The molecule has 1 atom stereocenters. The second kappa shape index (κ2) is 5.89. The molecule has 0 radical (unpaired) electrons. The number of esters is 1. The summed E-state index contributed by atoms with van der Waals surface area (Å²) in [5, 5.41) is 1.13. The average molecular weight is 309 g/mol. The van der Waals surface area contributed by atoms with E-state index in [0.29, 0.717) is 18.8 Å². The van der Waals surface area contributed by atoms with Gasteiger partial charge >= 0.3 is 5.97 Å². The highest BCUT2D eigenvalue weighted by atomic mass is 35.5. The van der Waals surface area contributed by atoms with Gasteiger partial charge in [0, 0.05) is 19.3 Å². The molecule has 0 amide bonds. The van der Waals surface area contributed by atoms with E-state index < -0.39 is 0 Å². The van der Waals surface area contributed by atoms with Gasteiger partial charge in [-0.05, 0) is 37.4 Å². The van der Waals surface area contributed by atoms with Gasteiger partial charge in [-0.2, -0.15) is 9.97 Å². The second-order valence-corrected chi connectivity index (χ2v) is 5.43. The number of aromatic nitrogens is 3. The van der Waals surface area contributed by atoms with Crippen LogP contribution in [0.4, 0.5) is 5.82 Å². The van der Waals surface area contributed by atoms with E-state index in [2.05, 4.69) is 19.9 Å². The Morgan fingerprint density at radius 2 is 2.43 bits per heavy atom. The number of hydrogen-bond donors (Lipinski definition) is 1. The number of H-pyrrole nitrogens is 1. The lowest BCUT2D eigenvalue weighted by Crippen LogP contribution is -2.40. The molecule has 1 aliphatic rings. The minimum absolute atomic E-state index is 0.110. The third-order valence-corrected chi connectivity index (χ3v) is 3.88. The van der Waals surface area contributed by atoms with Crippen molar-refractivity contribution in [3.63, 3.8) is 0 Å². The first kappa shape index (κ1) is 14.1. The van der Waals surface area contributed by atoms with Crippen LogP contribution in [0.25, 0.3) is 11.0 Å². The van der Waals surface area contributed by atoms with Gasteiger partial charge in [0.1, 0.15) is 11.5 Å². The van der Waals surface area contributed by atoms with Gasteiger partial charge < -0.3 is 14.6 Å². The van der Waals surface area contributed by atoms with E-state index in [9.17, 15) is 4.79 Å². The van der Waals surface area contributed by atoms with Gasteiger partial charge in [-0.25, -0.2) is 0 Å². The Kier molecular flexibility index (Phi) is 3.96. The zero-order chi connectivity index (χ0) is 14.8. The van der Waals surface area contributed by atoms with E-state index in [-0.39, 0.29) is 17.2 Å². The van der Waals surface area contributed by atoms with Crippen LogP contribution in [0.15, 0.2) is 12.3 Å². The SMILES string of the molecule is CCOC(=O)[C@H]1CCCN(c2nc(Cl)nc3[nH]ccc23)C1. The molecule has 1 saturated heterocycles. The van der Waals surface area contributed by atoms with Crippen molar-refractivity contribution in [2.45, 2.75) is 19.8 Å². The Morgan fingerprint density at radius 3 is 3.24 bits per heavy atom. The molecule has 21 heavy (non-hydrogen) atoms. The lowest BCUT2D eigenvalue weighted by Gasteiger charge is -2.32. The molecule has 0 bridgehead atoms. The topological polar surface area (TPSA) is 71.1 Å². The number of nitrogens with zero attached hydrogens (tertiary/aromatic N) is 3. The van der Waals surface area contributed by atoms with Gasteiger partial charge in [-0.1, -0.05) is 0 Å². The normalized spacial score (nSPS) is 19.0. The highest BCUT2D eigenvalue weighted by molar-refractivity contribution is 6.28. The summed E-state index contributed by atoms with van der Waals surface area (Å²) in [4.78, 5) is 25.6. The standard InChI is InChI=1S/C14H17ClN4O2/c1-2-21-13(20)9-4-3-7-19(8-9)12-10-5-6-16-11(10)17-14(15)18-12/h5-6,9H,2-4,7-8H2,1H3,(H,16,17,18)/t9-/m0/s1. The first-order chi connectivity index (χ1) is 10.2. The predicted molar refractivity (Wildman–Crippen MR) is 80.5 cm³/mol. The first-order valence-corrected chi connectivity index (χ1v) is 7.49. The van der Waals surface area contributed by atoms with Gasteiger partial charge in [0.2, 0.25) is 5.28 Å². The Morgan fingerprint density at radius 1 is 1.57 bits per heavy atom. The summed E-state index contributed by atoms with van der Waals surface area (Å²) >= 11 is 5.99. The van der Waals surface area contributed by atoms with Crippen LogP contribution in [0, 0.1) is 5.92 Å². The average Bonchev–Trinajstić information content (AvgIpc) is 2.95. The smallest absolute Gasteiger partial charge is 0.310 e. The summed E-state index contributed by atoms with van der Waals surface area (Å²) < 4.78 is 5.13. The number of anilines is 1. The Hall–Kier alpha value is -1.82. The van der Waals surface area contributed by atoms with Crippen molar-refractivity contribution in [1.29, 1.82) is 0 Å². The summed E-state index contributed by atoms with van der Waals surface area (Å²) in [6.45, 7) is 3.69. The highest BCUT2D eigenvalue weighted by Gasteiger charge is 2.28. The Balaban J connectivity index is 1.88. The van der Waals surface area contributed by atoms with Crippen LogP contribution in [0.5, 0.6) is 0 Å². The summed E-state index contributed by atoms with van der Waals surface area (Å²) in [6, 6.07) is 1.93. The van der Waals surface area contributed by atoms with Gasteiger partial charge in [-0.15, -0.1) is 0 Å². The van der Waals surface area contributed by atoms with Crippen LogP contribution < -0.4 is 4.90 Å². The zero-order valence-electron chi connectivity index (χ0n) is 11.8. The molecule has 0 aromatic carbocycles. The molecular weight excluding hydrogens is 292 g/mol. The third kappa shape index (κ3) is 2.81. The molecule has 3 rings (SSSR count). The molecule has 1 fully saturated rings. The fourth-order valence-corrected chi connectivity index (χ4v) is 2.93. The molecule has 7 heteroatoms. The number of carbonyl (C=O) groups is 1. The number of nitrogens with one attached hydrogen (secondary N) is 1. The monoisotopic (exact) mass is 308 g/mol. The molecule has 0 unspecified atom stereocenters. The quantitative estimate of drug-likeness (QED) is 0.696. The summed E-state index contributed by atoms with van der Waals surface area (Å²) in [5.41, 5.74) is 0.711. The van der Waals surface area contributed by atoms with Crippen LogP contribution in [-0.2, 0) is 9.53 Å². The van der Waals surface area contributed by atoms with Crippen LogP contribution in [-0.4, -0.2) is 40.6 Å². The fraction of sp³-hybridized carbons (Fsp3) is 0.500. The van der Waals surface area contributed by atoms with Crippen molar-refractivity contribution < 1.29 is 9.53 Å². The predicted octanol–water partition coefficient (Wildman–Crippen LogP) is 2.39. The molecule has 0 spiro atoms. The van der Waals surface area contributed by atoms with Crippen molar-refractivity contribution in [2.24, 2.45) is 5.92 Å². The molecule has 1 aliphatic heterocycles. The lowest BCUT2D eigenvalue weighted by atomic mass is 9.98. The molecule has 3 heterocycles. The van der Waals surface area contributed by atoms with Crippen molar-refractivity contribution >= 4 is 34.4 Å². The number of aromatic amines is 1. The van der Waals surface area contributed by atoms with Crippen LogP contribution in [0.3, 0.4) is 0 Å². The number of halogens is 1. The van der Waals surface area contributed by atoms with Gasteiger partial charge in [0.05, 0.1) is 17.9 Å². The Labute approximate surface area is 127 Å². The van der Waals surface area contributed by atoms with E-state index >= 15 is 0 Å². The summed E-state index contributed by atoms with van der Waals surface area (Å²) in [6.07, 6.45) is 3.59. The fourth-order valence-electron chi connectivity index (χ4n) is 2.76. The number of fused-ring (bicyclic) bond motifs is 1. The number of piperidine rings is 1. The number of hydrogen-bond acceptors (Lipinski definition) is 5. The van der Waals surface area contributed by atoms with Gasteiger partial charge in [0.15, 0.2) is 0 Å². The molecular formula is C14H17ClN4O2. The van der Waals surface area contributed by atoms with Crippen LogP contribution in [0.2, 0.25) is 5.28 Å². The van der Waals surface area contributed by atoms with E-state index in [4.69, 9.17) is 16.3 Å².